The maximum Gasteiger partial charge on any atom is 0.139 e. The number of methoxy groups -OCH3 is 1. The lowest BCUT2D eigenvalue weighted by molar-refractivity contribution is 0.0740. The van der Waals surface area contributed by atoms with Crippen LogP contribution in [0.25, 0.3) is 0 Å². The molecule has 0 radical (unpaired) electrons. The number of ether oxygens (including phenoxy) is 1. The molecule has 1 saturated heterocycles. The Morgan fingerprint density at radius 2 is 1.88 bits per heavy atom. The van der Waals surface area contributed by atoms with E-state index in [1.54, 1.807) is 33.2 Å². The summed E-state index contributed by atoms with van der Waals surface area (Å²) in [5, 5.41) is 13.6. The molecule has 3 rings (SSSR count). The number of amidine groups is 1. The Morgan fingerprint density at radius 1 is 1.18 bits per heavy atom. The van der Waals surface area contributed by atoms with Gasteiger partial charge in [0, 0.05) is 50.7 Å². The number of rotatable bonds is 8. The van der Waals surface area contributed by atoms with Gasteiger partial charge in [-0.2, -0.15) is 0 Å². The summed E-state index contributed by atoms with van der Waals surface area (Å²) in [6.07, 6.45) is 1.62. The highest BCUT2D eigenvalue weighted by Gasteiger charge is 2.19. The Kier molecular flexibility index (Phi) is 8.32. The number of likely N-dealkylation sites (N-methyl/N-ethyl adjacent to an activating group) is 1. The van der Waals surface area contributed by atoms with Gasteiger partial charge in [-0.1, -0.05) is 6.07 Å². The molecule has 1 aromatic heterocycles. The molecule has 0 amide bonds. The lowest BCUT2D eigenvalue weighted by Crippen LogP contribution is -2.44. The second-order valence-electron chi connectivity index (χ2n) is 8.63. The van der Waals surface area contributed by atoms with Crippen molar-refractivity contribution in [3.05, 3.63) is 59.9 Å². The molecule has 0 aliphatic carbocycles. The van der Waals surface area contributed by atoms with Crippen LogP contribution in [0.2, 0.25) is 0 Å². The summed E-state index contributed by atoms with van der Waals surface area (Å²) >= 11 is 0. The first-order chi connectivity index (χ1) is 15.8. The van der Waals surface area contributed by atoms with Crippen LogP contribution in [0, 0.1) is 0 Å². The fourth-order valence-corrected chi connectivity index (χ4v) is 3.51. The number of hydrogen-bond donors (Lipinski definition) is 2. The highest BCUT2D eigenvalue weighted by molar-refractivity contribution is 6.09. The van der Waals surface area contributed by atoms with Gasteiger partial charge in [-0.15, -0.1) is 0 Å². The highest BCUT2D eigenvalue weighted by Crippen LogP contribution is 2.23. The predicted octanol–water partition coefficient (Wildman–Crippen LogP) is 3.43. The molecular weight excluding hydrogens is 416 g/mol. The Hall–Kier alpha value is -3.07. The van der Waals surface area contributed by atoms with Crippen LogP contribution in [0.5, 0.6) is 0 Å². The van der Waals surface area contributed by atoms with E-state index in [2.05, 4.69) is 51.0 Å². The molecule has 2 aromatic rings. The maximum atomic E-state index is 10.3. The molecule has 0 unspecified atom stereocenters. The summed E-state index contributed by atoms with van der Waals surface area (Å²) in [5.41, 5.74) is 2.22. The Bertz CT molecular complexity index is 987. The molecule has 0 saturated carbocycles. The zero-order valence-corrected chi connectivity index (χ0v) is 20.0. The van der Waals surface area contributed by atoms with Gasteiger partial charge in [-0.25, -0.2) is 9.98 Å². The average Bonchev–Trinajstić information content (AvgIpc) is 2.79. The average molecular weight is 451 g/mol. The van der Waals surface area contributed by atoms with Gasteiger partial charge in [0.1, 0.15) is 17.3 Å². The van der Waals surface area contributed by atoms with Crippen molar-refractivity contribution in [2.75, 3.05) is 57.2 Å². The van der Waals surface area contributed by atoms with E-state index in [1.807, 2.05) is 24.3 Å². The van der Waals surface area contributed by atoms with Crippen LogP contribution in [0.3, 0.4) is 0 Å². The van der Waals surface area contributed by atoms with Crippen molar-refractivity contribution >= 4 is 29.7 Å². The van der Waals surface area contributed by atoms with Crippen molar-refractivity contribution in [1.82, 2.24) is 9.88 Å². The molecule has 8 nitrogen and oxygen atoms in total. The second-order valence-corrected chi connectivity index (χ2v) is 8.63. The van der Waals surface area contributed by atoms with Gasteiger partial charge in [-0.05, 0) is 64.0 Å². The Balaban J connectivity index is 1.89. The number of anilines is 2. The Labute approximate surface area is 196 Å². The minimum Gasteiger partial charge on any atom is -0.384 e. The minimum atomic E-state index is -1.05. The molecule has 1 fully saturated rings. The fourth-order valence-electron chi connectivity index (χ4n) is 3.51. The maximum absolute atomic E-state index is 10.3. The Morgan fingerprint density at radius 3 is 2.48 bits per heavy atom. The quantitative estimate of drug-likeness (QED) is 0.473. The number of pyridine rings is 1. The minimum absolute atomic E-state index is 0.301. The first kappa shape index (κ1) is 24.6. The van der Waals surface area contributed by atoms with E-state index in [0.29, 0.717) is 24.0 Å². The van der Waals surface area contributed by atoms with Gasteiger partial charge in [0.15, 0.2) is 0 Å². The fraction of sp³-hybridized carbons (Fsp3) is 0.400. The number of nitrogens with one attached hydrogen (secondary N) is 1. The van der Waals surface area contributed by atoms with Crippen molar-refractivity contribution in [2.45, 2.75) is 19.4 Å². The topological polar surface area (TPSA) is 85.6 Å². The van der Waals surface area contributed by atoms with Gasteiger partial charge in [-0.3, -0.25) is 4.99 Å². The van der Waals surface area contributed by atoms with Crippen molar-refractivity contribution < 1.29 is 9.84 Å². The van der Waals surface area contributed by atoms with Crippen LogP contribution < -0.4 is 10.2 Å². The number of hydrogen-bond acceptors (Lipinski definition) is 7. The summed E-state index contributed by atoms with van der Waals surface area (Å²) in [5.74, 6) is 1.12. The van der Waals surface area contributed by atoms with Crippen LogP contribution in [0.15, 0.2) is 64.2 Å². The normalized spacial score (nSPS) is 16.1. The third-order valence-electron chi connectivity index (χ3n) is 5.43. The lowest BCUT2D eigenvalue weighted by Gasteiger charge is -2.34. The standard InChI is InChI=1S/C25H34N6O2/c1-25(2,32)22-7-6-8-23(28-22)29-24(19(17-26-3)18-33-5)27-20-9-11-21(12-10-20)31-15-13-30(4)14-16-31/h6-12,17,32H,3,13-16,18H2,1-2,4-5H3,(H,27,28,29)/b19-17-. The van der Waals surface area contributed by atoms with E-state index >= 15 is 0 Å². The number of aromatic nitrogens is 1. The lowest BCUT2D eigenvalue weighted by atomic mass is 10.1. The SMILES string of the molecule is C=N/C=C(COC)\C(=N/c1ccc(N2CCN(C)CC2)cc1)Nc1cccc(C(C)(C)O)n1. The summed E-state index contributed by atoms with van der Waals surface area (Å²) < 4.78 is 5.35. The molecule has 1 aliphatic rings. The molecule has 176 valence electrons. The molecule has 0 bridgehead atoms. The molecule has 0 atom stereocenters. The van der Waals surface area contributed by atoms with E-state index in [-0.39, 0.29) is 0 Å². The van der Waals surface area contributed by atoms with E-state index in [0.717, 1.165) is 37.4 Å². The summed E-state index contributed by atoms with van der Waals surface area (Å²) in [6.45, 7) is 11.4. The van der Waals surface area contributed by atoms with Gasteiger partial charge in [0.25, 0.3) is 0 Å². The van der Waals surface area contributed by atoms with Crippen LogP contribution in [-0.4, -0.2) is 74.5 Å². The van der Waals surface area contributed by atoms with E-state index in [4.69, 9.17) is 9.73 Å². The van der Waals surface area contributed by atoms with Gasteiger partial charge in [0.2, 0.25) is 0 Å². The van der Waals surface area contributed by atoms with Crippen LogP contribution in [0.1, 0.15) is 19.5 Å². The summed E-state index contributed by atoms with van der Waals surface area (Å²) in [6, 6.07) is 13.7. The first-order valence-corrected chi connectivity index (χ1v) is 11.0. The van der Waals surface area contributed by atoms with E-state index in [1.165, 1.54) is 5.69 Å². The molecule has 2 N–H and O–H groups in total. The molecular formula is C25H34N6O2. The summed E-state index contributed by atoms with van der Waals surface area (Å²) in [4.78, 5) is 18.0. The second kappa shape index (κ2) is 11.2. The third-order valence-corrected chi connectivity index (χ3v) is 5.43. The number of benzene rings is 1. The molecule has 33 heavy (non-hydrogen) atoms. The van der Waals surface area contributed by atoms with Gasteiger partial charge < -0.3 is 25.0 Å². The number of piperazine rings is 1. The molecule has 1 aliphatic heterocycles. The monoisotopic (exact) mass is 450 g/mol. The molecule has 0 spiro atoms. The summed E-state index contributed by atoms with van der Waals surface area (Å²) in [7, 11) is 3.77. The van der Waals surface area contributed by atoms with Crippen molar-refractivity contribution in [3.8, 4) is 0 Å². The first-order valence-electron chi connectivity index (χ1n) is 11.0. The number of aliphatic imine (C=N–C) groups is 2. The van der Waals surface area contributed by atoms with E-state index < -0.39 is 5.60 Å². The van der Waals surface area contributed by atoms with Crippen LogP contribution in [-0.2, 0) is 10.3 Å². The van der Waals surface area contributed by atoms with Crippen LogP contribution in [0.4, 0.5) is 17.2 Å². The zero-order chi connectivity index (χ0) is 23.8. The largest absolute Gasteiger partial charge is 0.384 e. The molecule has 2 heterocycles. The van der Waals surface area contributed by atoms with Gasteiger partial charge in [0.05, 0.1) is 18.0 Å². The zero-order valence-electron chi connectivity index (χ0n) is 20.0. The third kappa shape index (κ3) is 6.95. The van der Waals surface area contributed by atoms with Crippen molar-refractivity contribution in [2.24, 2.45) is 9.98 Å². The van der Waals surface area contributed by atoms with Gasteiger partial charge >= 0.3 is 0 Å². The predicted molar refractivity (Wildman–Crippen MR) is 136 cm³/mol. The van der Waals surface area contributed by atoms with Crippen LogP contribution >= 0.6 is 0 Å². The van der Waals surface area contributed by atoms with Crippen molar-refractivity contribution in [1.29, 1.82) is 0 Å². The molecule has 1 aromatic carbocycles. The number of aliphatic hydroxyl groups is 1. The van der Waals surface area contributed by atoms with Crippen molar-refractivity contribution in [3.63, 3.8) is 0 Å². The smallest absolute Gasteiger partial charge is 0.139 e. The number of nitrogens with zero attached hydrogens (tertiary/aromatic N) is 5. The highest BCUT2D eigenvalue weighted by atomic mass is 16.5. The molecule has 8 heteroatoms. The van der Waals surface area contributed by atoms with E-state index in [9.17, 15) is 5.11 Å².